The Bertz CT molecular complexity index is 1140. The summed E-state index contributed by atoms with van der Waals surface area (Å²) >= 11 is 1.65. The monoisotopic (exact) mass is 400 g/mol. The molecule has 2 heterocycles. The largest absolute Gasteiger partial charge is 0.495 e. The average Bonchev–Trinajstić information content (AvgIpc) is 3.01. The van der Waals surface area contributed by atoms with Crippen LogP contribution in [-0.4, -0.2) is 33.3 Å². The quantitative estimate of drug-likeness (QED) is 0.661. The van der Waals surface area contributed by atoms with Crippen molar-refractivity contribution in [3.8, 4) is 17.6 Å². The Morgan fingerprint density at radius 1 is 1.30 bits per heavy atom. The van der Waals surface area contributed by atoms with Crippen molar-refractivity contribution in [3.63, 3.8) is 0 Å². The van der Waals surface area contributed by atoms with Crippen molar-refractivity contribution in [3.05, 3.63) is 47.0 Å². The number of nitrogens with zero attached hydrogens (tertiary/aromatic N) is 1. The van der Waals surface area contributed by atoms with Crippen LogP contribution in [-0.2, 0) is 16.3 Å². The summed E-state index contributed by atoms with van der Waals surface area (Å²) in [4.78, 5) is 5.72. The summed E-state index contributed by atoms with van der Waals surface area (Å²) in [5.74, 6) is 6.83. The molecule has 0 aliphatic heterocycles. The second-order valence-corrected chi connectivity index (χ2v) is 8.97. The maximum absolute atomic E-state index is 11.7. The molecule has 0 saturated carbocycles. The summed E-state index contributed by atoms with van der Waals surface area (Å²) in [5, 5.41) is 3.18. The van der Waals surface area contributed by atoms with Crippen molar-refractivity contribution in [1.29, 1.82) is 0 Å². The number of benzene rings is 1. The third-order valence-electron chi connectivity index (χ3n) is 4.07. The Balaban J connectivity index is 1.78. The minimum Gasteiger partial charge on any atom is -0.495 e. The van der Waals surface area contributed by atoms with Crippen molar-refractivity contribution in [2.24, 2.45) is 0 Å². The highest BCUT2D eigenvalue weighted by Gasteiger charge is 2.11. The maximum atomic E-state index is 11.7. The van der Waals surface area contributed by atoms with E-state index in [2.05, 4.69) is 35.1 Å². The Morgan fingerprint density at radius 3 is 2.81 bits per heavy atom. The van der Waals surface area contributed by atoms with E-state index in [9.17, 15) is 8.42 Å². The van der Waals surface area contributed by atoms with E-state index in [-0.39, 0.29) is 4.90 Å². The number of anilines is 1. The van der Waals surface area contributed by atoms with Crippen LogP contribution in [0.15, 0.2) is 41.4 Å². The van der Waals surface area contributed by atoms with E-state index in [1.54, 1.807) is 29.7 Å². The van der Waals surface area contributed by atoms with Gasteiger partial charge in [0.25, 0.3) is 0 Å². The minimum absolute atomic E-state index is 0.223. The number of ether oxygens (including phenoxy) is 1. The van der Waals surface area contributed by atoms with Crippen molar-refractivity contribution in [1.82, 2.24) is 4.98 Å². The van der Waals surface area contributed by atoms with Crippen LogP contribution in [0.4, 0.5) is 5.69 Å². The molecule has 0 aliphatic rings. The van der Waals surface area contributed by atoms with E-state index in [1.165, 1.54) is 25.0 Å². The lowest BCUT2D eigenvalue weighted by Gasteiger charge is -2.10. The van der Waals surface area contributed by atoms with Gasteiger partial charge >= 0.3 is 0 Å². The predicted molar refractivity (Wildman–Crippen MR) is 110 cm³/mol. The molecule has 3 rings (SSSR count). The molecule has 1 N–H and O–H groups in total. The van der Waals surface area contributed by atoms with Crippen LogP contribution in [0.2, 0.25) is 0 Å². The standard InChI is InChI=1S/C20H20N2O3S2/c1-4-15-18(26-19-8-6-12-22-20(15)19)7-5-11-21-16-10-9-14(27(3,23)24)13-17(16)25-2/h6,8-10,12-13,21H,4,11H2,1-3H3. The van der Waals surface area contributed by atoms with Crippen LogP contribution in [0.5, 0.6) is 5.75 Å². The number of pyridine rings is 1. The first-order valence-electron chi connectivity index (χ1n) is 8.41. The summed E-state index contributed by atoms with van der Waals surface area (Å²) in [6, 6.07) is 8.75. The number of nitrogens with one attached hydrogen (secondary N) is 1. The summed E-state index contributed by atoms with van der Waals surface area (Å²) in [5.41, 5.74) is 2.91. The molecule has 0 aliphatic carbocycles. The highest BCUT2D eigenvalue weighted by Crippen LogP contribution is 2.29. The highest BCUT2D eigenvalue weighted by atomic mass is 32.2. The zero-order valence-electron chi connectivity index (χ0n) is 15.4. The number of thiophene rings is 1. The van der Waals surface area contributed by atoms with Crippen LogP contribution in [0.1, 0.15) is 17.4 Å². The molecule has 5 nitrogen and oxygen atoms in total. The molecule has 0 radical (unpaired) electrons. The minimum atomic E-state index is -3.27. The number of hydrogen-bond acceptors (Lipinski definition) is 6. The summed E-state index contributed by atoms with van der Waals surface area (Å²) in [6.45, 7) is 2.52. The fourth-order valence-electron chi connectivity index (χ4n) is 2.72. The van der Waals surface area contributed by atoms with Crippen LogP contribution in [0, 0.1) is 11.8 Å². The molecule has 27 heavy (non-hydrogen) atoms. The lowest BCUT2D eigenvalue weighted by Crippen LogP contribution is -2.03. The number of aromatic nitrogens is 1. The van der Waals surface area contributed by atoms with E-state index in [0.717, 1.165) is 21.5 Å². The van der Waals surface area contributed by atoms with Crippen LogP contribution in [0.3, 0.4) is 0 Å². The topological polar surface area (TPSA) is 68.3 Å². The molecular weight excluding hydrogens is 380 g/mol. The molecule has 7 heteroatoms. The molecule has 0 bridgehead atoms. The van der Waals surface area contributed by atoms with E-state index in [1.807, 2.05) is 6.07 Å². The van der Waals surface area contributed by atoms with Gasteiger partial charge in [0.2, 0.25) is 0 Å². The third-order valence-corrected chi connectivity index (χ3v) is 6.28. The lowest BCUT2D eigenvalue weighted by atomic mass is 10.1. The summed E-state index contributed by atoms with van der Waals surface area (Å²) in [7, 11) is -1.76. The number of hydrogen-bond donors (Lipinski definition) is 1. The molecule has 0 amide bonds. The fourth-order valence-corrected chi connectivity index (χ4v) is 4.48. The van der Waals surface area contributed by atoms with Gasteiger partial charge in [-0.25, -0.2) is 8.42 Å². The molecular formula is C20H20N2O3S2. The number of sulfone groups is 1. The summed E-state index contributed by atoms with van der Waals surface area (Å²) < 4.78 is 29.8. The average molecular weight is 401 g/mol. The molecule has 0 atom stereocenters. The first kappa shape index (κ1) is 19.2. The van der Waals surface area contributed by atoms with Gasteiger partial charge in [-0.15, -0.1) is 11.3 Å². The first-order chi connectivity index (χ1) is 12.9. The fraction of sp³-hybridized carbons (Fsp3) is 0.250. The number of fused-ring (bicyclic) bond motifs is 1. The molecule has 0 saturated heterocycles. The zero-order valence-corrected chi connectivity index (χ0v) is 17.0. The van der Waals surface area contributed by atoms with Gasteiger partial charge in [0, 0.05) is 24.1 Å². The third kappa shape index (κ3) is 4.24. The van der Waals surface area contributed by atoms with Crippen molar-refractivity contribution < 1.29 is 13.2 Å². The SMILES string of the molecule is CCc1c(C#CCNc2ccc(S(C)(=O)=O)cc2OC)sc2cccnc12. The van der Waals surface area contributed by atoms with Gasteiger partial charge in [-0.05, 0) is 30.7 Å². The van der Waals surface area contributed by atoms with Crippen molar-refractivity contribution in [2.45, 2.75) is 18.2 Å². The predicted octanol–water partition coefficient (Wildman–Crippen LogP) is 3.73. The molecule has 1 aromatic carbocycles. The highest BCUT2D eigenvalue weighted by molar-refractivity contribution is 7.90. The second-order valence-electron chi connectivity index (χ2n) is 5.90. The molecule has 0 spiro atoms. The second kappa shape index (κ2) is 7.99. The van der Waals surface area contributed by atoms with Gasteiger partial charge < -0.3 is 10.1 Å². The number of aryl methyl sites for hydroxylation is 1. The van der Waals surface area contributed by atoms with Gasteiger partial charge in [0.15, 0.2) is 9.84 Å². The van der Waals surface area contributed by atoms with Gasteiger partial charge in [0.1, 0.15) is 5.75 Å². The van der Waals surface area contributed by atoms with Gasteiger partial charge in [0.05, 0.1) is 39.3 Å². The number of methoxy groups -OCH3 is 1. The van der Waals surface area contributed by atoms with E-state index >= 15 is 0 Å². The normalized spacial score (nSPS) is 11.1. The Morgan fingerprint density at radius 2 is 2.11 bits per heavy atom. The van der Waals surface area contributed by atoms with Crippen LogP contribution >= 0.6 is 11.3 Å². The molecule has 0 unspecified atom stereocenters. The van der Waals surface area contributed by atoms with Crippen LogP contribution in [0.25, 0.3) is 10.2 Å². The van der Waals surface area contributed by atoms with Crippen molar-refractivity contribution >= 4 is 37.1 Å². The molecule has 140 valence electrons. The van der Waals surface area contributed by atoms with Gasteiger partial charge in [-0.2, -0.15) is 0 Å². The first-order valence-corrected chi connectivity index (χ1v) is 11.1. The maximum Gasteiger partial charge on any atom is 0.175 e. The number of rotatable bonds is 5. The van der Waals surface area contributed by atoms with Crippen LogP contribution < -0.4 is 10.1 Å². The van der Waals surface area contributed by atoms with E-state index in [0.29, 0.717) is 18.0 Å². The molecule has 2 aromatic heterocycles. The van der Waals surface area contributed by atoms with E-state index < -0.39 is 9.84 Å². The van der Waals surface area contributed by atoms with Crippen molar-refractivity contribution in [2.75, 3.05) is 25.2 Å². The lowest BCUT2D eigenvalue weighted by molar-refractivity contribution is 0.415. The van der Waals surface area contributed by atoms with E-state index in [4.69, 9.17) is 4.74 Å². The molecule has 3 aromatic rings. The van der Waals surface area contributed by atoms with Gasteiger partial charge in [-0.1, -0.05) is 18.8 Å². The van der Waals surface area contributed by atoms with Gasteiger partial charge in [-0.3, -0.25) is 4.98 Å². The summed E-state index contributed by atoms with van der Waals surface area (Å²) in [6.07, 6.45) is 3.86. The zero-order chi connectivity index (χ0) is 19.4. The smallest absolute Gasteiger partial charge is 0.175 e. The Hall–Kier alpha value is -2.56. The molecule has 0 fully saturated rings. The Labute approximate surface area is 163 Å². The Kier molecular flexibility index (Phi) is 5.68.